The zero-order valence-electron chi connectivity index (χ0n) is 10.8. The van der Waals surface area contributed by atoms with E-state index in [4.69, 9.17) is 11.6 Å². The van der Waals surface area contributed by atoms with Crippen LogP contribution in [0, 0.1) is 0 Å². The van der Waals surface area contributed by atoms with Crippen LogP contribution in [0.15, 0.2) is 23.1 Å². The number of alkyl halides is 3. The van der Waals surface area contributed by atoms with E-state index in [2.05, 4.69) is 0 Å². The van der Waals surface area contributed by atoms with Gasteiger partial charge in [0.25, 0.3) is 0 Å². The highest BCUT2D eigenvalue weighted by atomic mass is 35.5. The molecule has 1 atom stereocenters. The molecule has 0 aromatic heterocycles. The first-order valence-electron chi connectivity index (χ1n) is 6.17. The van der Waals surface area contributed by atoms with Crippen molar-refractivity contribution in [3.05, 3.63) is 28.8 Å². The Morgan fingerprint density at radius 1 is 1.33 bits per heavy atom. The maximum Gasteiger partial charge on any atom is 0.417 e. The smallest absolute Gasteiger partial charge is 0.392 e. The van der Waals surface area contributed by atoms with Gasteiger partial charge in [0.05, 0.1) is 21.6 Å². The third kappa shape index (κ3) is 3.50. The second kappa shape index (κ2) is 5.75. The predicted octanol–water partition coefficient (Wildman–Crippen LogP) is 2.50. The lowest BCUT2D eigenvalue weighted by Crippen LogP contribution is -2.42. The van der Waals surface area contributed by atoms with E-state index in [0.29, 0.717) is 18.9 Å². The molecule has 0 amide bonds. The number of β-amino-alcohol motifs (C(OH)–C–C–N with tert-alkyl or cyclic N) is 1. The molecule has 1 aromatic carbocycles. The van der Waals surface area contributed by atoms with Gasteiger partial charge in [-0.2, -0.15) is 17.5 Å². The van der Waals surface area contributed by atoms with Gasteiger partial charge in [-0.3, -0.25) is 0 Å². The fourth-order valence-corrected chi connectivity index (χ4v) is 3.94. The van der Waals surface area contributed by atoms with Crippen molar-refractivity contribution in [2.75, 3.05) is 13.1 Å². The van der Waals surface area contributed by atoms with Gasteiger partial charge >= 0.3 is 6.18 Å². The average molecular weight is 344 g/mol. The minimum absolute atomic E-state index is 0.119. The third-order valence-electron chi connectivity index (χ3n) is 3.24. The molecule has 1 N–H and O–H groups in total. The van der Waals surface area contributed by atoms with E-state index in [1.165, 1.54) is 0 Å². The lowest BCUT2D eigenvalue weighted by atomic mass is 10.1. The molecular weight excluding hydrogens is 331 g/mol. The van der Waals surface area contributed by atoms with Crippen LogP contribution in [0.5, 0.6) is 0 Å². The van der Waals surface area contributed by atoms with Crippen molar-refractivity contribution >= 4 is 21.6 Å². The van der Waals surface area contributed by atoms with Gasteiger partial charge in [0, 0.05) is 13.1 Å². The number of aliphatic hydroxyl groups excluding tert-OH is 1. The molecule has 1 fully saturated rings. The van der Waals surface area contributed by atoms with Gasteiger partial charge in [0.15, 0.2) is 0 Å². The van der Waals surface area contributed by atoms with Crippen LogP contribution in [0.2, 0.25) is 5.02 Å². The first-order valence-corrected chi connectivity index (χ1v) is 7.99. The summed E-state index contributed by atoms with van der Waals surface area (Å²) in [5.41, 5.74) is -1.19. The Morgan fingerprint density at radius 2 is 2.00 bits per heavy atom. The Morgan fingerprint density at radius 3 is 2.57 bits per heavy atom. The molecule has 2 rings (SSSR count). The fourth-order valence-electron chi connectivity index (χ4n) is 2.17. The van der Waals surface area contributed by atoms with Crippen molar-refractivity contribution < 1.29 is 26.7 Å². The van der Waals surface area contributed by atoms with Crippen molar-refractivity contribution in [1.82, 2.24) is 4.31 Å². The summed E-state index contributed by atoms with van der Waals surface area (Å²) < 4.78 is 64.0. The number of halogens is 4. The van der Waals surface area contributed by atoms with Crippen LogP contribution in [-0.2, 0) is 16.2 Å². The van der Waals surface area contributed by atoms with Gasteiger partial charge in [-0.05, 0) is 31.0 Å². The SMILES string of the molecule is O=S(=O)(c1ccc(Cl)c(C(F)(F)F)c1)N1CCCC(O)C1. The van der Waals surface area contributed by atoms with Crippen LogP contribution < -0.4 is 0 Å². The summed E-state index contributed by atoms with van der Waals surface area (Å²) in [6, 6.07) is 2.48. The average Bonchev–Trinajstić information content (AvgIpc) is 2.37. The lowest BCUT2D eigenvalue weighted by Gasteiger charge is -2.29. The molecule has 0 saturated carbocycles. The van der Waals surface area contributed by atoms with Crippen molar-refractivity contribution in [3.63, 3.8) is 0 Å². The minimum atomic E-state index is -4.73. The van der Waals surface area contributed by atoms with Crippen molar-refractivity contribution in [3.8, 4) is 0 Å². The summed E-state index contributed by atoms with van der Waals surface area (Å²) >= 11 is 5.47. The van der Waals surface area contributed by atoms with Gasteiger partial charge in [-0.25, -0.2) is 8.42 Å². The van der Waals surface area contributed by atoms with E-state index < -0.39 is 37.8 Å². The molecule has 0 bridgehead atoms. The van der Waals surface area contributed by atoms with Gasteiger partial charge in [0.1, 0.15) is 0 Å². The van der Waals surface area contributed by atoms with Crippen LogP contribution in [0.3, 0.4) is 0 Å². The maximum atomic E-state index is 12.8. The summed E-state index contributed by atoms with van der Waals surface area (Å²) in [5, 5.41) is 8.96. The Bertz CT molecular complexity index is 633. The molecule has 9 heteroatoms. The molecule has 1 aromatic rings. The van der Waals surface area contributed by atoms with Crippen molar-refractivity contribution in [2.24, 2.45) is 0 Å². The highest BCUT2D eigenvalue weighted by Crippen LogP contribution is 2.36. The molecule has 1 saturated heterocycles. The third-order valence-corrected chi connectivity index (χ3v) is 5.43. The number of sulfonamides is 1. The zero-order chi connectivity index (χ0) is 15.8. The minimum Gasteiger partial charge on any atom is -0.392 e. The summed E-state index contributed by atoms with van der Waals surface area (Å²) in [5.74, 6) is 0. The number of aliphatic hydroxyl groups is 1. The summed E-state index contributed by atoms with van der Waals surface area (Å²) in [6.45, 7) is 0.0513. The molecule has 0 radical (unpaired) electrons. The van der Waals surface area contributed by atoms with E-state index in [-0.39, 0.29) is 13.1 Å². The van der Waals surface area contributed by atoms with Gasteiger partial charge < -0.3 is 5.11 Å². The Balaban J connectivity index is 2.41. The summed E-state index contributed by atoms with van der Waals surface area (Å²) in [7, 11) is -4.08. The Kier molecular flexibility index (Phi) is 4.53. The van der Waals surface area contributed by atoms with Crippen LogP contribution in [0.4, 0.5) is 13.2 Å². The molecule has 0 spiro atoms. The lowest BCUT2D eigenvalue weighted by molar-refractivity contribution is -0.137. The van der Waals surface area contributed by atoms with Gasteiger partial charge in [0.2, 0.25) is 10.0 Å². The first kappa shape index (κ1) is 16.5. The molecule has 1 aliphatic rings. The van der Waals surface area contributed by atoms with Crippen molar-refractivity contribution in [2.45, 2.75) is 30.0 Å². The molecule has 1 heterocycles. The number of hydrogen-bond donors (Lipinski definition) is 1. The second-order valence-electron chi connectivity index (χ2n) is 4.80. The number of hydrogen-bond acceptors (Lipinski definition) is 3. The van der Waals surface area contributed by atoms with E-state index in [1.807, 2.05) is 0 Å². The predicted molar refractivity (Wildman–Crippen MR) is 70.5 cm³/mol. The van der Waals surface area contributed by atoms with Gasteiger partial charge in [-0.1, -0.05) is 11.6 Å². The summed E-state index contributed by atoms with van der Waals surface area (Å²) in [4.78, 5) is -0.478. The Hall–Kier alpha value is -0.830. The molecule has 1 aliphatic heterocycles. The quantitative estimate of drug-likeness (QED) is 0.897. The van der Waals surface area contributed by atoms with Crippen molar-refractivity contribution in [1.29, 1.82) is 0 Å². The van der Waals surface area contributed by atoms with Crippen LogP contribution in [0.1, 0.15) is 18.4 Å². The molecule has 118 valence electrons. The van der Waals surface area contributed by atoms with E-state index in [1.54, 1.807) is 0 Å². The van der Waals surface area contributed by atoms with Gasteiger partial charge in [-0.15, -0.1) is 0 Å². The van der Waals surface area contributed by atoms with Crippen LogP contribution in [0.25, 0.3) is 0 Å². The molecular formula is C12H13ClF3NO3S. The molecule has 1 unspecified atom stereocenters. The molecule has 21 heavy (non-hydrogen) atoms. The summed E-state index contributed by atoms with van der Waals surface area (Å²) in [6.07, 6.45) is -4.60. The topological polar surface area (TPSA) is 57.6 Å². The van der Waals surface area contributed by atoms with E-state index in [9.17, 15) is 26.7 Å². The highest BCUT2D eigenvalue weighted by molar-refractivity contribution is 7.89. The van der Waals surface area contributed by atoms with E-state index in [0.717, 1.165) is 16.4 Å². The fraction of sp³-hybridized carbons (Fsp3) is 0.500. The molecule has 4 nitrogen and oxygen atoms in total. The largest absolute Gasteiger partial charge is 0.417 e. The maximum absolute atomic E-state index is 12.8. The number of piperidine rings is 1. The zero-order valence-corrected chi connectivity index (χ0v) is 12.3. The number of nitrogens with zero attached hydrogens (tertiary/aromatic N) is 1. The second-order valence-corrected chi connectivity index (χ2v) is 7.14. The standard InChI is InChI=1S/C12H13ClF3NO3S/c13-11-4-3-9(6-10(11)12(14,15)16)21(19,20)17-5-1-2-8(18)7-17/h3-4,6,8,18H,1-2,5,7H2. The number of rotatable bonds is 2. The first-order chi connectivity index (χ1) is 9.62. The van der Waals surface area contributed by atoms with Crippen LogP contribution in [-0.4, -0.2) is 37.0 Å². The van der Waals surface area contributed by atoms with E-state index >= 15 is 0 Å². The Labute approximate surface area is 125 Å². The highest BCUT2D eigenvalue weighted by Gasteiger charge is 2.36. The number of benzene rings is 1. The molecule has 0 aliphatic carbocycles. The normalized spacial score (nSPS) is 21.5. The monoisotopic (exact) mass is 343 g/mol. The van der Waals surface area contributed by atoms with Crippen LogP contribution >= 0.6 is 11.6 Å².